The fourth-order valence-electron chi connectivity index (χ4n) is 4.92. The molecule has 0 unspecified atom stereocenters. The zero-order chi connectivity index (χ0) is 23.9. The van der Waals surface area contributed by atoms with E-state index in [9.17, 15) is 9.59 Å². The molecule has 0 spiro atoms. The number of aromatic amines is 1. The average molecular weight is 461 g/mol. The van der Waals surface area contributed by atoms with Crippen LogP contribution in [-0.2, 0) is 16.6 Å². The standard InChI is InChI=1S/C25H28N6O3/c1-25(2)12-16-13-27-24(26)29-20(16)21-19(25)22(31-30-21)23(33)28-17-5-3-15(4-6-17)18(32)11-14-7-9-34-10-8-14/h3-6,13-14H,7-12H2,1-2H3,(H,28,33)(H,30,31)(H2,26,27,29). The summed E-state index contributed by atoms with van der Waals surface area (Å²) >= 11 is 0. The first-order valence-electron chi connectivity index (χ1n) is 11.5. The number of nitrogens with one attached hydrogen (secondary N) is 2. The van der Waals surface area contributed by atoms with Crippen molar-refractivity contribution in [1.82, 2.24) is 20.2 Å². The first-order chi connectivity index (χ1) is 16.3. The summed E-state index contributed by atoms with van der Waals surface area (Å²) in [5.41, 5.74) is 10.1. The molecule has 0 atom stereocenters. The van der Waals surface area contributed by atoms with Crippen LogP contribution in [-0.4, -0.2) is 45.1 Å². The van der Waals surface area contributed by atoms with Crippen molar-refractivity contribution in [3.8, 4) is 11.4 Å². The minimum absolute atomic E-state index is 0.120. The van der Waals surface area contributed by atoms with Crippen LogP contribution in [0.1, 0.15) is 65.1 Å². The van der Waals surface area contributed by atoms with Gasteiger partial charge in [0, 0.05) is 42.6 Å². The molecule has 34 heavy (non-hydrogen) atoms. The number of nitrogens with two attached hydrogens (primary N) is 1. The maximum absolute atomic E-state index is 13.2. The summed E-state index contributed by atoms with van der Waals surface area (Å²) in [6.45, 7) is 5.58. The van der Waals surface area contributed by atoms with E-state index in [-0.39, 0.29) is 23.1 Å². The highest BCUT2D eigenvalue weighted by Gasteiger charge is 2.38. The van der Waals surface area contributed by atoms with E-state index in [0.29, 0.717) is 47.1 Å². The maximum Gasteiger partial charge on any atom is 0.273 e. The summed E-state index contributed by atoms with van der Waals surface area (Å²) in [6, 6.07) is 7.04. The smallest absolute Gasteiger partial charge is 0.273 e. The molecule has 4 N–H and O–H groups in total. The van der Waals surface area contributed by atoms with E-state index < -0.39 is 0 Å². The molecule has 1 aromatic carbocycles. The first-order valence-corrected chi connectivity index (χ1v) is 11.5. The summed E-state index contributed by atoms with van der Waals surface area (Å²) in [4.78, 5) is 34.3. The van der Waals surface area contributed by atoms with Crippen molar-refractivity contribution in [2.45, 2.75) is 44.9 Å². The Balaban J connectivity index is 1.33. The van der Waals surface area contributed by atoms with Crippen LogP contribution in [0.4, 0.5) is 11.6 Å². The van der Waals surface area contributed by atoms with Crippen LogP contribution in [0.3, 0.4) is 0 Å². The lowest BCUT2D eigenvalue weighted by Gasteiger charge is -2.30. The van der Waals surface area contributed by atoms with Crippen molar-refractivity contribution in [3.63, 3.8) is 0 Å². The van der Waals surface area contributed by atoms with E-state index in [0.717, 1.165) is 37.2 Å². The number of carbonyl (C=O) groups is 2. The predicted octanol–water partition coefficient (Wildman–Crippen LogP) is 3.53. The van der Waals surface area contributed by atoms with Crippen LogP contribution in [0, 0.1) is 5.92 Å². The van der Waals surface area contributed by atoms with E-state index in [2.05, 4.69) is 39.3 Å². The van der Waals surface area contributed by atoms with Gasteiger partial charge in [0.2, 0.25) is 5.95 Å². The van der Waals surface area contributed by atoms with E-state index in [1.807, 2.05) is 0 Å². The number of ether oxygens (including phenoxy) is 1. The van der Waals surface area contributed by atoms with Crippen LogP contribution in [0.5, 0.6) is 0 Å². The van der Waals surface area contributed by atoms with Crippen molar-refractivity contribution in [1.29, 1.82) is 0 Å². The summed E-state index contributed by atoms with van der Waals surface area (Å²) in [5.74, 6) is 0.369. The Morgan fingerprint density at radius 1 is 1.18 bits per heavy atom. The lowest BCUT2D eigenvalue weighted by Crippen LogP contribution is -2.29. The Morgan fingerprint density at radius 2 is 1.91 bits per heavy atom. The Bertz CT molecular complexity index is 1240. The van der Waals surface area contributed by atoms with Crippen molar-refractivity contribution in [3.05, 3.63) is 52.8 Å². The van der Waals surface area contributed by atoms with Gasteiger partial charge >= 0.3 is 0 Å². The number of benzene rings is 1. The molecule has 2 aromatic heterocycles. The third-order valence-corrected chi connectivity index (χ3v) is 6.69. The molecule has 3 heterocycles. The van der Waals surface area contributed by atoms with Gasteiger partial charge in [0.15, 0.2) is 5.78 Å². The second-order valence-electron chi connectivity index (χ2n) is 9.70. The number of nitrogen functional groups attached to an aromatic ring is 1. The second-order valence-corrected chi connectivity index (χ2v) is 9.70. The summed E-state index contributed by atoms with van der Waals surface area (Å²) in [7, 11) is 0. The quantitative estimate of drug-likeness (QED) is 0.496. The predicted molar refractivity (Wildman–Crippen MR) is 128 cm³/mol. The van der Waals surface area contributed by atoms with Crippen LogP contribution >= 0.6 is 0 Å². The number of fused-ring (bicyclic) bond motifs is 3. The molecule has 9 nitrogen and oxygen atoms in total. The van der Waals surface area contributed by atoms with Crippen molar-refractivity contribution >= 4 is 23.3 Å². The van der Waals surface area contributed by atoms with Gasteiger partial charge in [-0.2, -0.15) is 5.10 Å². The highest BCUT2D eigenvalue weighted by molar-refractivity contribution is 6.05. The number of hydrogen-bond donors (Lipinski definition) is 3. The number of rotatable bonds is 5. The van der Waals surface area contributed by atoms with E-state index >= 15 is 0 Å². The number of hydrogen-bond acceptors (Lipinski definition) is 7. The number of carbonyl (C=O) groups excluding carboxylic acids is 2. The molecule has 3 aromatic rings. The van der Waals surface area contributed by atoms with E-state index in [1.165, 1.54) is 0 Å². The minimum atomic E-state index is -0.345. The minimum Gasteiger partial charge on any atom is -0.381 e. The number of Topliss-reactive ketones (excluding diaryl/α,β-unsaturated/α-hetero) is 1. The molecule has 1 saturated heterocycles. The first kappa shape index (κ1) is 22.2. The molecule has 1 aliphatic heterocycles. The number of ketones is 1. The van der Waals surface area contributed by atoms with Crippen molar-refractivity contribution in [2.24, 2.45) is 5.92 Å². The van der Waals surface area contributed by atoms with Gasteiger partial charge in [0.05, 0.1) is 5.69 Å². The molecular weight excluding hydrogens is 432 g/mol. The molecular formula is C25H28N6O3. The molecule has 9 heteroatoms. The zero-order valence-corrected chi connectivity index (χ0v) is 19.4. The topological polar surface area (TPSA) is 136 Å². The van der Waals surface area contributed by atoms with Gasteiger partial charge in [-0.25, -0.2) is 9.97 Å². The van der Waals surface area contributed by atoms with E-state index in [1.54, 1.807) is 30.5 Å². The molecule has 176 valence electrons. The van der Waals surface area contributed by atoms with Crippen LogP contribution in [0.2, 0.25) is 0 Å². The summed E-state index contributed by atoms with van der Waals surface area (Å²) in [6.07, 6.45) is 4.77. The molecule has 0 radical (unpaired) electrons. The van der Waals surface area contributed by atoms with Crippen LogP contribution in [0.15, 0.2) is 30.5 Å². The number of anilines is 2. The Labute approximate surface area is 197 Å². The Morgan fingerprint density at radius 3 is 2.65 bits per heavy atom. The van der Waals surface area contributed by atoms with Gasteiger partial charge in [-0.1, -0.05) is 13.8 Å². The lowest BCUT2D eigenvalue weighted by atomic mass is 9.73. The molecule has 1 aliphatic carbocycles. The monoisotopic (exact) mass is 460 g/mol. The molecule has 5 rings (SSSR count). The third-order valence-electron chi connectivity index (χ3n) is 6.69. The Kier molecular flexibility index (Phi) is 5.65. The number of aromatic nitrogens is 4. The number of amides is 1. The van der Waals surface area contributed by atoms with Crippen molar-refractivity contribution in [2.75, 3.05) is 24.3 Å². The fraction of sp³-hybridized carbons (Fsp3) is 0.400. The van der Waals surface area contributed by atoms with Gasteiger partial charge < -0.3 is 15.8 Å². The summed E-state index contributed by atoms with van der Waals surface area (Å²) in [5, 5.41) is 10.2. The van der Waals surface area contributed by atoms with Crippen LogP contribution < -0.4 is 11.1 Å². The fourth-order valence-corrected chi connectivity index (χ4v) is 4.92. The van der Waals surface area contributed by atoms with Gasteiger partial charge in [-0.05, 0) is 60.4 Å². The van der Waals surface area contributed by atoms with Gasteiger partial charge in [0.25, 0.3) is 5.91 Å². The molecule has 0 bridgehead atoms. The van der Waals surface area contributed by atoms with Crippen molar-refractivity contribution < 1.29 is 14.3 Å². The third kappa shape index (κ3) is 4.19. The number of nitrogens with zero attached hydrogens (tertiary/aromatic N) is 3. The van der Waals surface area contributed by atoms with Gasteiger partial charge in [-0.3, -0.25) is 14.7 Å². The SMILES string of the molecule is CC1(C)Cc2cnc(N)nc2-c2n[nH]c(C(=O)Nc3ccc(C(=O)CC4CCOCC4)cc3)c21. The molecule has 2 aliphatic rings. The molecule has 1 amide bonds. The molecule has 0 saturated carbocycles. The van der Waals surface area contributed by atoms with Crippen LogP contribution in [0.25, 0.3) is 11.4 Å². The normalized spacial score (nSPS) is 17.0. The van der Waals surface area contributed by atoms with E-state index in [4.69, 9.17) is 10.5 Å². The van der Waals surface area contributed by atoms with Gasteiger partial charge in [-0.15, -0.1) is 0 Å². The lowest BCUT2D eigenvalue weighted by molar-refractivity contribution is 0.0601. The largest absolute Gasteiger partial charge is 0.381 e. The zero-order valence-electron chi connectivity index (χ0n) is 19.4. The maximum atomic E-state index is 13.2. The Hall–Kier alpha value is -3.59. The second kappa shape index (κ2) is 8.64. The summed E-state index contributed by atoms with van der Waals surface area (Å²) < 4.78 is 5.37. The van der Waals surface area contributed by atoms with Gasteiger partial charge in [0.1, 0.15) is 11.4 Å². The number of H-pyrrole nitrogens is 1. The molecule has 1 fully saturated rings. The average Bonchev–Trinajstić information content (AvgIpc) is 3.28. The highest BCUT2D eigenvalue weighted by atomic mass is 16.5. The highest BCUT2D eigenvalue weighted by Crippen LogP contribution is 2.42.